The van der Waals surface area contributed by atoms with Crippen LogP contribution in [0.5, 0.6) is 0 Å². The first-order valence-electron chi connectivity index (χ1n) is 7.95. The molecule has 0 aliphatic carbocycles. The number of carbonyl (C=O) groups excluding carboxylic acids is 2. The number of hydrazone groups is 1. The Morgan fingerprint density at radius 1 is 1.13 bits per heavy atom. The van der Waals surface area contributed by atoms with Gasteiger partial charge in [-0.05, 0) is 26.0 Å². The Bertz CT molecular complexity index is 619. The van der Waals surface area contributed by atoms with E-state index in [9.17, 15) is 9.59 Å². The summed E-state index contributed by atoms with van der Waals surface area (Å²) in [5, 5.41) is 5.66. The number of hydrogen-bond donors (Lipinski definition) is 0. The molecule has 3 rings (SSSR count). The summed E-state index contributed by atoms with van der Waals surface area (Å²) in [4.78, 5) is 26.6. The maximum atomic E-state index is 12.7. The van der Waals surface area contributed by atoms with E-state index in [0.717, 1.165) is 0 Å². The van der Waals surface area contributed by atoms with Gasteiger partial charge in [0.15, 0.2) is 0 Å². The first-order chi connectivity index (χ1) is 11.0. The highest BCUT2D eigenvalue weighted by molar-refractivity contribution is 6.40. The number of rotatable bonds is 2. The smallest absolute Gasteiger partial charge is 0.270 e. The second-order valence-electron chi connectivity index (χ2n) is 6.06. The maximum Gasteiger partial charge on any atom is 0.270 e. The molecule has 122 valence electrons. The van der Waals surface area contributed by atoms with Gasteiger partial charge in [0.2, 0.25) is 5.91 Å². The van der Waals surface area contributed by atoms with Crippen molar-refractivity contribution in [2.45, 2.75) is 38.9 Å². The van der Waals surface area contributed by atoms with Gasteiger partial charge >= 0.3 is 0 Å². The van der Waals surface area contributed by atoms with Crippen LogP contribution in [-0.2, 0) is 14.3 Å². The second-order valence-corrected chi connectivity index (χ2v) is 6.06. The molecule has 2 amide bonds. The fourth-order valence-electron chi connectivity index (χ4n) is 3.00. The van der Waals surface area contributed by atoms with Gasteiger partial charge in [0.05, 0.1) is 17.9 Å². The molecule has 23 heavy (non-hydrogen) atoms. The van der Waals surface area contributed by atoms with Crippen molar-refractivity contribution >= 4 is 23.2 Å². The van der Waals surface area contributed by atoms with E-state index in [-0.39, 0.29) is 24.0 Å². The lowest BCUT2D eigenvalue weighted by atomic mass is 10.1. The molecule has 2 aliphatic rings. The molecule has 0 saturated carbocycles. The van der Waals surface area contributed by atoms with E-state index in [1.54, 1.807) is 4.90 Å². The topological polar surface area (TPSA) is 62.2 Å². The van der Waals surface area contributed by atoms with Gasteiger partial charge in [0, 0.05) is 25.9 Å². The number of amides is 2. The summed E-state index contributed by atoms with van der Waals surface area (Å²) in [6.45, 7) is 5.03. The summed E-state index contributed by atoms with van der Waals surface area (Å²) in [6.07, 6.45) is 0.716. The lowest BCUT2D eigenvalue weighted by Gasteiger charge is -2.36. The lowest BCUT2D eigenvalue weighted by molar-refractivity contribution is -0.136. The monoisotopic (exact) mass is 315 g/mol. The number of anilines is 1. The summed E-state index contributed by atoms with van der Waals surface area (Å²) >= 11 is 0. The zero-order valence-electron chi connectivity index (χ0n) is 13.4. The van der Waals surface area contributed by atoms with Crippen molar-refractivity contribution in [3.05, 3.63) is 30.3 Å². The van der Waals surface area contributed by atoms with Gasteiger partial charge in [0.25, 0.3) is 5.91 Å². The number of carbonyl (C=O) groups is 2. The third-order valence-electron chi connectivity index (χ3n) is 3.99. The Hall–Kier alpha value is -2.21. The molecule has 1 saturated heterocycles. The zero-order valence-corrected chi connectivity index (χ0v) is 13.4. The molecule has 0 bridgehead atoms. The molecule has 2 heterocycles. The molecule has 6 heteroatoms. The molecule has 0 unspecified atom stereocenters. The van der Waals surface area contributed by atoms with Gasteiger partial charge in [-0.25, -0.2) is 5.01 Å². The van der Waals surface area contributed by atoms with Gasteiger partial charge in [-0.3, -0.25) is 9.59 Å². The third kappa shape index (κ3) is 3.42. The standard InChI is InChI=1S/C17H21N3O3/c1-12-10-19(11-13(2)23-12)17(22)15-8-9-16(21)20(18-15)14-6-4-3-5-7-14/h3-7,12-13H,8-11H2,1-2H3/t12-,13-/m0/s1. The van der Waals surface area contributed by atoms with Crippen molar-refractivity contribution in [3.63, 3.8) is 0 Å². The summed E-state index contributed by atoms with van der Waals surface area (Å²) in [5.74, 6) is -0.183. The Kier molecular flexibility index (Phi) is 4.43. The van der Waals surface area contributed by atoms with Crippen molar-refractivity contribution in [2.75, 3.05) is 18.1 Å². The van der Waals surface area contributed by atoms with E-state index in [2.05, 4.69) is 5.10 Å². The molecule has 0 aromatic heterocycles. The Labute approximate surface area is 135 Å². The van der Waals surface area contributed by atoms with Gasteiger partial charge < -0.3 is 9.64 Å². The highest BCUT2D eigenvalue weighted by Gasteiger charge is 2.32. The van der Waals surface area contributed by atoms with Crippen molar-refractivity contribution in [1.82, 2.24) is 4.90 Å². The molecular weight excluding hydrogens is 294 g/mol. The molecule has 1 aromatic rings. The molecule has 6 nitrogen and oxygen atoms in total. The molecule has 1 aromatic carbocycles. The minimum absolute atomic E-state index is 0.0127. The fraction of sp³-hybridized carbons (Fsp3) is 0.471. The number of ether oxygens (including phenoxy) is 1. The van der Waals surface area contributed by atoms with E-state index in [1.165, 1.54) is 5.01 Å². The van der Waals surface area contributed by atoms with Gasteiger partial charge in [0.1, 0.15) is 5.71 Å². The predicted molar refractivity (Wildman–Crippen MR) is 87.2 cm³/mol. The average Bonchev–Trinajstić information content (AvgIpc) is 2.54. The molecular formula is C17H21N3O3. The van der Waals surface area contributed by atoms with Crippen LogP contribution in [-0.4, -0.2) is 47.7 Å². The largest absolute Gasteiger partial charge is 0.372 e. The van der Waals surface area contributed by atoms with Gasteiger partial charge in [-0.2, -0.15) is 5.10 Å². The van der Waals surface area contributed by atoms with Crippen LogP contribution < -0.4 is 5.01 Å². The first kappa shape index (κ1) is 15.7. The molecule has 2 atom stereocenters. The summed E-state index contributed by atoms with van der Waals surface area (Å²) in [7, 11) is 0. The zero-order chi connectivity index (χ0) is 16.4. The highest BCUT2D eigenvalue weighted by atomic mass is 16.5. The SMILES string of the molecule is C[C@H]1CN(C(=O)C2=NN(c3ccccc3)C(=O)CC2)C[C@H](C)O1. The van der Waals surface area contributed by atoms with Gasteiger partial charge in [-0.1, -0.05) is 18.2 Å². The summed E-state index contributed by atoms with van der Waals surface area (Å²) < 4.78 is 5.66. The van der Waals surface area contributed by atoms with Crippen LogP contribution in [0.15, 0.2) is 35.4 Å². The number of benzene rings is 1. The van der Waals surface area contributed by atoms with Crippen LogP contribution in [0.3, 0.4) is 0 Å². The van der Waals surface area contributed by atoms with Crippen LogP contribution in [0.25, 0.3) is 0 Å². The van der Waals surface area contributed by atoms with Crippen LogP contribution in [0.2, 0.25) is 0 Å². The maximum absolute atomic E-state index is 12.7. The molecule has 0 radical (unpaired) electrons. The van der Waals surface area contributed by atoms with E-state index in [0.29, 0.717) is 37.3 Å². The predicted octanol–water partition coefficient (Wildman–Crippen LogP) is 1.81. The minimum atomic E-state index is -0.0968. The van der Waals surface area contributed by atoms with E-state index in [4.69, 9.17) is 4.74 Å². The van der Waals surface area contributed by atoms with Crippen LogP contribution in [0, 0.1) is 0 Å². The number of morpholine rings is 1. The molecule has 1 fully saturated rings. The molecule has 0 N–H and O–H groups in total. The fourth-order valence-corrected chi connectivity index (χ4v) is 3.00. The number of nitrogens with zero attached hydrogens (tertiary/aromatic N) is 3. The number of hydrogen-bond acceptors (Lipinski definition) is 4. The minimum Gasteiger partial charge on any atom is -0.372 e. The van der Waals surface area contributed by atoms with Crippen LogP contribution >= 0.6 is 0 Å². The summed E-state index contributed by atoms with van der Waals surface area (Å²) in [6, 6.07) is 9.20. The Morgan fingerprint density at radius 3 is 2.43 bits per heavy atom. The second kappa shape index (κ2) is 6.50. The molecule has 2 aliphatic heterocycles. The lowest BCUT2D eigenvalue weighted by Crippen LogP contribution is -2.51. The molecule has 0 spiro atoms. The van der Waals surface area contributed by atoms with Gasteiger partial charge in [-0.15, -0.1) is 0 Å². The Balaban J connectivity index is 1.81. The quantitative estimate of drug-likeness (QED) is 0.836. The van der Waals surface area contributed by atoms with Crippen molar-refractivity contribution in [2.24, 2.45) is 5.10 Å². The third-order valence-corrected chi connectivity index (χ3v) is 3.99. The normalized spacial score (nSPS) is 25.3. The first-order valence-corrected chi connectivity index (χ1v) is 7.95. The van der Waals surface area contributed by atoms with Crippen LogP contribution in [0.1, 0.15) is 26.7 Å². The average molecular weight is 315 g/mol. The van der Waals surface area contributed by atoms with E-state index in [1.807, 2.05) is 44.2 Å². The highest BCUT2D eigenvalue weighted by Crippen LogP contribution is 2.21. The van der Waals surface area contributed by atoms with Crippen LogP contribution in [0.4, 0.5) is 5.69 Å². The van der Waals surface area contributed by atoms with E-state index >= 15 is 0 Å². The summed E-state index contributed by atoms with van der Waals surface area (Å²) in [5.41, 5.74) is 1.13. The van der Waals surface area contributed by atoms with E-state index < -0.39 is 0 Å². The van der Waals surface area contributed by atoms with Crippen molar-refractivity contribution < 1.29 is 14.3 Å². The van der Waals surface area contributed by atoms with Crippen molar-refractivity contribution in [1.29, 1.82) is 0 Å². The Morgan fingerprint density at radius 2 is 1.78 bits per heavy atom. The number of para-hydroxylation sites is 1. The van der Waals surface area contributed by atoms with Crippen molar-refractivity contribution in [3.8, 4) is 0 Å².